The summed E-state index contributed by atoms with van der Waals surface area (Å²) >= 11 is 0. The van der Waals surface area contributed by atoms with Crippen molar-refractivity contribution < 1.29 is 8.42 Å². The van der Waals surface area contributed by atoms with E-state index < -0.39 is 10.0 Å². The number of nitrogens with zero attached hydrogens (tertiary/aromatic N) is 2. The zero-order chi connectivity index (χ0) is 10.5. The van der Waals surface area contributed by atoms with Crippen molar-refractivity contribution >= 4 is 15.7 Å². The molecule has 0 radical (unpaired) electrons. The first-order valence-corrected chi connectivity index (χ1v) is 6.40. The second kappa shape index (κ2) is 2.93. The molecule has 3 heterocycles. The maximum absolute atomic E-state index is 11.8. The lowest BCUT2D eigenvalue weighted by Crippen LogP contribution is -2.48. The Morgan fingerprint density at radius 2 is 2.40 bits per heavy atom. The van der Waals surface area contributed by atoms with Gasteiger partial charge in [-0.25, -0.2) is 8.42 Å². The average molecular weight is 225 g/mol. The number of anilines is 1. The Morgan fingerprint density at radius 1 is 1.53 bits per heavy atom. The maximum Gasteiger partial charge on any atom is 0.245 e. The van der Waals surface area contributed by atoms with Crippen LogP contribution in [-0.2, 0) is 10.0 Å². The Kier molecular flexibility index (Phi) is 1.78. The summed E-state index contributed by atoms with van der Waals surface area (Å²) < 4.78 is 26.3. The third-order valence-corrected chi connectivity index (χ3v) is 4.38. The number of rotatable bonds is 0. The molecule has 1 fully saturated rings. The predicted molar refractivity (Wildman–Crippen MR) is 54.9 cm³/mol. The van der Waals surface area contributed by atoms with E-state index in [4.69, 9.17) is 0 Å². The predicted octanol–water partition coefficient (Wildman–Crippen LogP) is 0.300. The van der Waals surface area contributed by atoms with Gasteiger partial charge in [-0.1, -0.05) is 0 Å². The van der Waals surface area contributed by atoms with Gasteiger partial charge in [0.2, 0.25) is 10.0 Å². The standard InChI is InChI=1S/C9H11N3O2S/c13-15(14)8-6-10-4-3-7(8)12-5-1-2-9(12)11-15/h3-4,6,9,11H,1-2,5H2. The maximum atomic E-state index is 11.8. The van der Waals surface area contributed by atoms with Gasteiger partial charge in [0.1, 0.15) is 4.90 Å². The molecule has 0 aliphatic carbocycles. The highest BCUT2D eigenvalue weighted by molar-refractivity contribution is 7.89. The first kappa shape index (κ1) is 9.11. The van der Waals surface area contributed by atoms with Crippen molar-refractivity contribution in [3.63, 3.8) is 0 Å². The van der Waals surface area contributed by atoms with Crippen molar-refractivity contribution in [2.45, 2.75) is 23.9 Å². The highest BCUT2D eigenvalue weighted by Gasteiger charge is 2.37. The van der Waals surface area contributed by atoms with E-state index >= 15 is 0 Å². The van der Waals surface area contributed by atoms with Crippen LogP contribution >= 0.6 is 0 Å². The van der Waals surface area contributed by atoms with Crippen molar-refractivity contribution in [3.05, 3.63) is 18.5 Å². The number of sulfonamides is 1. The monoisotopic (exact) mass is 225 g/mol. The van der Waals surface area contributed by atoms with Crippen LogP contribution in [0.1, 0.15) is 12.8 Å². The summed E-state index contributed by atoms with van der Waals surface area (Å²) in [6, 6.07) is 1.77. The summed E-state index contributed by atoms with van der Waals surface area (Å²) in [7, 11) is -3.35. The Hall–Kier alpha value is -1.14. The molecular weight excluding hydrogens is 214 g/mol. The van der Waals surface area contributed by atoms with E-state index in [1.165, 1.54) is 6.20 Å². The molecule has 2 aliphatic heterocycles. The summed E-state index contributed by atoms with van der Waals surface area (Å²) in [4.78, 5) is 6.25. The van der Waals surface area contributed by atoms with Gasteiger partial charge in [0, 0.05) is 18.9 Å². The van der Waals surface area contributed by atoms with E-state index in [-0.39, 0.29) is 6.17 Å². The minimum absolute atomic E-state index is 0.0649. The number of aromatic nitrogens is 1. The van der Waals surface area contributed by atoms with E-state index in [1.54, 1.807) is 12.3 Å². The highest BCUT2D eigenvalue weighted by Crippen LogP contribution is 2.34. The molecule has 5 nitrogen and oxygen atoms in total. The number of nitrogens with one attached hydrogen (secondary N) is 1. The third kappa shape index (κ3) is 1.25. The van der Waals surface area contributed by atoms with E-state index in [1.807, 2.05) is 0 Å². The summed E-state index contributed by atoms with van der Waals surface area (Å²) in [6.45, 7) is 0.907. The fraction of sp³-hybridized carbons (Fsp3) is 0.444. The molecule has 1 aromatic heterocycles. The molecule has 3 rings (SSSR count). The lowest BCUT2D eigenvalue weighted by Gasteiger charge is -2.33. The van der Waals surface area contributed by atoms with E-state index in [2.05, 4.69) is 14.6 Å². The first-order chi connectivity index (χ1) is 7.18. The van der Waals surface area contributed by atoms with Crippen molar-refractivity contribution in [1.29, 1.82) is 0 Å². The van der Waals surface area contributed by atoms with Crippen LogP contribution in [0.15, 0.2) is 23.4 Å². The molecule has 0 bridgehead atoms. The van der Waals surface area contributed by atoms with E-state index in [9.17, 15) is 8.42 Å². The highest BCUT2D eigenvalue weighted by atomic mass is 32.2. The van der Waals surface area contributed by atoms with Crippen LogP contribution in [0, 0.1) is 0 Å². The Labute approximate surface area is 88.2 Å². The minimum atomic E-state index is -3.35. The lowest BCUT2D eigenvalue weighted by molar-refractivity contribution is 0.539. The van der Waals surface area contributed by atoms with Gasteiger partial charge < -0.3 is 4.90 Å². The van der Waals surface area contributed by atoms with Crippen molar-refractivity contribution in [1.82, 2.24) is 9.71 Å². The molecule has 2 aliphatic rings. The quantitative estimate of drug-likeness (QED) is 0.690. The SMILES string of the molecule is O=S1(=O)NC2CCCN2c2ccncc21. The number of hydrogen-bond donors (Lipinski definition) is 1. The molecule has 0 aromatic carbocycles. The largest absolute Gasteiger partial charge is 0.354 e. The molecule has 80 valence electrons. The van der Waals surface area contributed by atoms with Crippen molar-refractivity contribution in [2.24, 2.45) is 0 Å². The zero-order valence-corrected chi connectivity index (χ0v) is 8.87. The number of hydrogen-bond acceptors (Lipinski definition) is 4. The molecule has 0 amide bonds. The van der Waals surface area contributed by atoms with Gasteiger partial charge in [-0.3, -0.25) is 4.98 Å². The Bertz CT molecular complexity index is 500. The molecule has 1 saturated heterocycles. The lowest BCUT2D eigenvalue weighted by atomic mass is 10.3. The van der Waals surface area contributed by atoms with Gasteiger partial charge in [0.25, 0.3) is 0 Å². The molecule has 1 unspecified atom stereocenters. The van der Waals surface area contributed by atoms with Crippen LogP contribution in [0.5, 0.6) is 0 Å². The van der Waals surface area contributed by atoms with Crippen LogP contribution in [0.2, 0.25) is 0 Å². The summed E-state index contributed by atoms with van der Waals surface area (Å²) in [5.41, 5.74) is 0.784. The normalized spacial score (nSPS) is 27.2. The molecule has 6 heteroatoms. The van der Waals surface area contributed by atoms with Crippen LogP contribution < -0.4 is 9.62 Å². The van der Waals surface area contributed by atoms with Gasteiger partial charge in [-0.05, 0) is 18.9 Å². The van der Waals surface area contributed by atoms with Gasteiger partial charge in [0.05, 0.1) is 11.9 Å². The molecular formula is C9H11N3O2S. The molecule has 0 saturated carbocycles. The fourth-order valence-corrected chi connectivity index (χ4v) is 3.63. The van der Waals surface area contributed by atoms with E-state index in [0.29, 0.717) is 4.90 Å². The van der Waals surface area contributed by atoms with Crippen molar-refractivity contribution in [3.8, 4) is 0 Å². The van der Waals surface area contributed by atoms with Crippen LogP contribution in [0.3, 0.4) is 0 Å². The van der Waals surface area contributed by atoms with E-state index in [0.717, 1.165) is 25.1 Å². The molecule has 1 N–H and O–H groups in total. The molecule has 0 spiro atoms. The summed E-state index contributed by atoms with van der Waals surface area (Å²) in [5.74, 6) is 0. The third-order valence-electron chi connectivity index (χ3n) is 2.91. The van der Waals surface area contributed by atoms with Gasteiger partial charge in [0.15, 0.2) is 0 Å². The Morgan fingerprint density at radius 3 is 3.27 bits per heavy atom. The smallest absolute Gasteiger partial charge is 0.245 e. The Balaban J connectivity index is 2.23. The van der Waals surface area contributed by atoms with Gasteiger partial charge >= 0.3 is 0 Å². The second-order valence-corrected chi connectivity index (χ2v) is 5.50. The minimum Gasteiger partial charge on any atom is -0.354 e. The summed E-state index contributed by atoms with van der Waals surface area (Å²) in [6.07, 6.45) is 4.88. The molecule has 15 heavy (non-hydrogen) atoms. The van der Waals surface area contributed by atoms with Crippen LogP contribution in [-0.4, -0.2) is 26.1 Å². The topological polar surface area (TPSA) is 62.3 Å². The van der Waals surface area contributed by atoms with Crippen molar-refractivity contribution in [2.75, 3.05) is 11.4 Å². The van der Waals surface area contributed by atoms with Gasteiger partial charge in [-0.15, -0.1) is 0 Å². The van der Waals surface area contributed by atoms with Gasteiger partial charge in [-0.2, -0.15) is 4.72 Å². The van der Waals surface area contributed by atoms with Crippen LogP contribution in [0.25, 0.3) is 0 Å². The molecule has 1 aromatic rings. The molecule has 1 atom stereocenters. The fourth-order valence-electron chi connectivity index (χ4n) is 2.24. The first-order valence-electron chi connectivity index (χ1n) is 4.91. The number of pyridine rings is 1. The zero-order valence-electron chi connectivity index (χ0n) is 8.05. The summed E-state index contributed by atoms with van der Waals surface area (Å²) in [5, 5.41) is 0. The number of fused-ring (bicyclic) bond motifs is 3. The average Bonchev–Trinajstić information content (AvgIpc) is 2.65. The second-order valence-electron chi connectivity index (χ2n) is 3.82. The van der Waals surface area contributed by atoms with Crippen LogP contribution in [0.4, 0.5) is 5.69 Å².